The molecule has 0 atom stereocenters. The fourth-order valence-electron chi connectivity index (χ4n) is 2.29. The summed E-state index contributed by atoms with van der Waals surface area (Å²) in [6, 6.07) is 6.54. The Morgan fingerprint density at radius 1 is 1.32 bits per heavy atom. The quantitative estimate of drug-likeness (QED) is 0.803. The van der Waals surface area contributed by atoms with Crippen molar-refractivity contribution >= 4 is 33.3 Å². The smallest absolute Gasteiger partial charge is 0.319 e. The molecule has 1 fully saturated rings. The van der Waals surface area contributed by atoms with E-state index in [0.717, 1.165) is 12.8 Å². The summed E-state index contributed by atoms with van der Waals surface area (Å²) >= 11 is 5.83. The Balaban J connectivity index is 1.69. The van der Waals surface area contributed by atoms with Crippen molar-refractivity contribution in [1.82, 2.24) is 9.62 Å². The lowest BCUT2D eigenvalue weighted by molar-refractivity contribution is 0.251. The van der Waals surface area contributed by atoms with Gasteiger partial charge in [-0.25, -0.2) is 17.5 Å². The van der Waals surface area contributed by atoms with Crippen molar-refractivity contribution in [2.75, 3.05) is 30.7 Å². The minimum Gasteiger partial charge on any atom is -0.338 e. The lowest BCUT2D eigenvalue weighted by atomic mass is 10.3. The zero-order valence-corrected chi connectivity index (χ0v) is 13.8. The molecule has 2 N–H and O–H groups in total. The van der Waals surface area contributed by atoms with E-state index in [2.05, 4.69) is 10.6 Å². The summed E-state index contributed by atoms with van der Waals surface area (Å²) in [5.41, 5.74) is 0.614. The number of halogens is 1. The number of amides is 2. The topological polar surface area (TPSA) is 78.5 Å². The number of carbonyl (C=O) groups excluding carboxylic acids is 1. The predicted octanol–water partition coefficient (Wildman–Crippen LogP) is 2.28. The fraction of sp³-hybridized carbons (Fsp3) is 0.500. The van der Waals surface area contributed by atoms with Crippen molar-refractivity contribution in [3.8, 4) is 0 Å². The van der Waals surface area contributed by atoms with Crippen molar-refractivity contribution in [3.05, 3.63) is 29.3 Å². The van der Waals surface area contributed by atoms with Crippen LogP contribution in [0.25, 0.3) is 0 Å². The number of nitrogens with zero attached hydrogens (tertiary/aromatic N) is 1. The van der Waals surface area contributed by atoms with Crippen LogP contribution >= 0.6 is 11.6 Å². The molecule has 1 aliphatic heterocycles. The van der Waals surface area contributed by atoms with Gasteiger partial charge >= 0.3 is 6.03 Å². The number of hydrogen-bond acceptors (Lipinski definition) is 3. The van der Waals surface area contributed by atoms with Crippen molar-refractivity contribution < 1.29 is 13.2 Å². The second-order valence-electron chi connectivity index (χ2n) is 5.17. The first-order valence-corrected chi connectivity index (χ1v) is 9.24. The number of anilines is 1. The van der Waals surface area contributed by atoms with E-state index in [-0.39, 0.29) is 11.8 Å². The minimum atomic E-state index is -3.09. The SMILES string of the molecule is O=C(NCCCN1CCCCS1(=O)=O)Nc1cccc(Cl)c1. The highest BCUT2D eigenvalue weighted by Crippen LogP contribution is 2.15. The molecule has 22 heavy (non-hydrogen) atoms. The van der Waals surface area contributed by atoms with Crippen LogP contribution in [0.5, 0.6) is 0 Å². The van der Waals surface area contributed by atoms with Gasteiger partial charge in [-0.05, 0) is 37.5 Å². The summed E-state index contributed by atoms with van der Waals surface area (Å²) in [5.74, 6) is 0.232. The highest BCUT2D eigenvalue weighted by Gasteiger charge is 2.24. The van der Waals surface area contributed by atoms with Crippen LogP contribution in [0.2, 0.25) is 5.02 Å². The monoisotopic (exact) mass is 345 g/mol. The molecule has 0 spiro atoms. The summed E-state index contributed by atoms with van der Waals surface area (Å²) in [6.07, 6.45) is 2.23. The molecule has 1 heterocycles. The van der Waals surface area contributed by atoms with E-state index in [0.29, 0.717) is 36.8 Å². The lowest BCUT2D eigenvalue weighted by Crippen LogP contribution is -2.39. The Hall–Kier alpha value is -1.31. The Morgan fingerprint density at radius 3 is 2.86 bits per heavy atom. The molecule has 8 heteroatoms. The molecule has 1 aliphatic rings. The zero-order chi connectivity index (χ0) is 16.0. The lowest BCUT2D eigenvalue weighted by Gasteiger charge is -2.26. The van der Waals surface area contributed by atoms with Crippen LogP contribution < -0.4 is 10.6 Å². The van der Waals surface area contributed by atoms with E-state index < -0.39 is 10.0 Å². The first-order valence-electron chi connectivity index (χ1n) is 7.26. The summed E-state index contributed by atoms with van der Waals surface area (Å²) in [7, 11) is -3.09. The van der Waals surface area contributed by atoms with Gasteiger partial charge in [0, 0.05) is 30.3 Å². The summed E-state index contributed by atoms with van der Waals surface area (Å²) in [5, 5.41) is 5.92. The third kappa shape index (κ3) is 5.15. The van der Waals surface area contributed by atoms with Gasteiger partial charge in [0.15, 0.2) is 0 Å². The van der Waals surface area contributed by atoms with Crippen molar-refractivity contribution in [3.63, 3.8) is 0 Å². The molecule has 0 bridgehead atoms. The Morgan fingerprint density at radius 2 is 2.14 bits per heavy atom. The molecule has 1 aromatic rings. The molecule has 0 aromatic heterocycles. The van der Waals surface area contributed by atoms with Crippen molar-refractivity contribution in [2.45, 2.75) is 19.3 Å². The Kier molecular flexibility index (Phi) is 6.05. The van der Waals surface area contributed by atoms with Gasteiger partial charge in [-0.1, -0.05) is 17.7 Å². The third-order valence-corrected chi connectivity index (χ3v) is 5.60. The number of hydrogen-bond donors (Lipinski definition) is 2. The van der Waals surface area contributed by atoms with Gasteiger partial charge in [0.05, 0.1) is 5.75 Å². The molecule has 122 valence electrons. The second-order valence-corrected chi connectivity index (χ2v) is 7.69. The number of rotatable bonds is 5. The first kappa shape index (κ1) is 17.1. The van der Waals surface area contributed by atoms with Crippen LogP contribution in [-0.4, -0.2) is 44.1 Å². The van der Waals surface area contributed by atoms with Crippen LogP contribution in [0.3, 0.4) is 0 Å². The van der Waals surface area contributed by atoms with Gasteiger partial charge in [-0.2, -0.15) is 0 Å². The van der Waals surface area contributed by atoms with Gasteiger partial charge in [0.1, 0.15) is 0 Å². The van der Waals surface area contributed by atoms with Gasteiger partial charge in [0.25, 0.3) is 0 Å². The minimum absolute atomic E-state index is 0.232. The van der Waals surface area contributed by atoms with E-state index >= 15 is 0 Å². The third-order valence-electron chi connectivity index (χ3n) is 3.41. The normalized spacial score (nSPS) is 17.9. The number of urea groups is 1. The molecule has 1 saturated heterocycles. The molecule has 0 saturated carbocycles. The molecule has 0 unspecified atom stereocenters. The standard InChI is InChI=1S/C14H20ClN3O3S/c15-12-5-3-6-13(11-12)17-14(19)16-7-4-9-18-8-1-2-10-22(18,20)21/h3,5-6,11H,1-2,4,7-10H2,(H2,16,17,19). The maximum absolute atomic E-state index is 11.8. The Labute approximate surface area is 135 Å². The zero-order valence-electron chi connectivity index (χ0n) is 12.2. The van der Waals surface area contributed by atoms with Gasteiger partial charge in [-0.15, -0.1) is 0 Å². The molecular formula is C14H20ClN3O3S. The van der Waals surface area contributed by atoms with Crippen molar-refractivity contribution in [1.29, 1.82) is 0 Å². The number of sulfonamides is 1. The largest absolute Gasteiger partial charge is 0.338 e. The highest BCUT2D eigenvalue weighted by molar-refractivity contribution is 7.89. The second kappa shape index (κ2) is 7.80. The van der Waals surface area contributed by atoms with E-state index in [1.54, 1.807) is 24.3 Å². The van der Waals surface area contributed by atoms with E-state index in [4.69, 9.17) is 11.6 Å². The van der Waals surface area contributed by atoms with E-state index in [9.17, 15) is 13.2 Å². The van der Waals surface area contributed by atoms with E-state index in [1.807, 2.05) is 0 Å². The molecule has 6 nitrogen and oxygen atoms in total. The molecule has 0 radical (unpaired) electrons. The van der Waals surface area contributed by atoms with Gasteiger partial charge < -0.3 is 10.6 Å². The maximum Gasteiger partial charge on any atom is 0.319 e. The number of carbonyl (C=O) groups is 1. The summed E-state index contributed by atoms with van der Waals surface area (Å²) in [6.45, 7) is 1.44. The molecular weight excluding hydrogens is 326 g/mol. The van der Waals surface area contributed by atoms with Crippen LogP contribution in [0, 0.1) is 0 Å². The van der Waals surface area contributed by atoms with Crippen LogP contribution in [0.1, 0.15) is 19.3 Å². The maximum atomic E-state index is 11.8. The molecule has 1 aromatic carbocycles. The first-order chi connectivity index (χ1) is 10.5. The van der Waals surface area contributed by atoms with E-state index in [1.165, 1.54) is 4.31 Å². The average molecular weight is 346 g/mol. The summed E-state index contributed by atoms with van der Waals surface area (Å²) < 4.78 is 25.1. The molecule has 2 rings (SSSR count). The fourth-order valence-corrected chi connectivity index (χ4v) is 4.12. The average Bonchev–Trinajstić information content (AvgIpc) is 2.44. The van der Waals surface area contributed by atoms with Crippen LogP contribution in [0.15, 0.2) is 24.3 Å². The predicted molar refractivity (Wildman–Crippen MR) is 87.7 cm³/mol. The van der Waals surface area contributed by atoms with Gasteiger partial charge in [-0.3, -0.25) is 0 Å². The van der Waals surface area contributed by atoms with Crippen LogP contribution in [-0.2, 0) is 10.0 Å². The number of benzene rings is 1. The Bertz CT molecular complexity index is 622. The summed E-state index contributed by atoms with van der Waals surface area (Å²) in [4.78, 5) is 11.7. The molecule has 0 aliphatic carbocycles. The molecule has 2 amide bonds. The van der Waals surface area contributed by atoms with Crippen LogP contribution in [0.4, 0.5) is 10.5 Å². The highest BCUT2D eigenvalue weighted by atomic mass is 35.5. The van der Waals surface area contributed by atoms with Crippen molar-refractivity contribution in [2.24, 2.45) is 0 Å². The number of nitrogens with one attached hydrogen (secondary N) is 2. The van der Waals surface area contributed by atoms with Gasteiger partial charge in [0.2, 0.25) is 10.0 Å².